The van der Waals surface area contributed by atoms with Gasteiger partial charge in [-0.1, -0.05) is 0 Å². The van der Waals surface area contributed by atoms with Crippen LogP contribution in [0.25, 0.3) is 0 Å². The molecule has 20 heavy (non-hydrogen) atoms. The third kappa shape index (κ3) is 5.43. The number of hydrogen-bond acceptors (Lipinski definition) is 3. The van der Waals surface area contributed by atoms with Crippen molar-refractivity contribution in [2.45, 2.75) is 39.3 Å². The summed E-state index contributed by atoms with van der Waals surface area (Å²) in [6.07, 6.45) is 2.10. The van der Waals surface area contributed by atoms with Crippen LogP contribution in [0.5, 0.6) is 5.75 Å². The molecule has 0 heterocycles. The van der Waals surface area contributed by atoms with Crippen LogP contribution in [0.4, 0.5) is 8.78 Å². The zero-order valence-electron chi connectivity index (χ0n) is 12.4. The minimum atomic E-state index is -0.916. The Labute approximate surface area is 119 Å². The van der Waals surface area contributed by atoms with E-state index in [1.54, 1.807) is 0 Å². The molecule has 1 aromatic carbocycles. The third-order valence-corrected chi connectivity index (χ3v) is 3.40. The van der Waals surface area contributed by atoms with Crippen LogP contribution in [0.15, 0.2) is 12.1 Å². The normalized spacial score (nSPS) is 11.6. The highest BCUT2D eigenvalue weighted by Crippen LogP contribution is 2.21. The average molecular weight is 286 g/mol. The van der Waals surface area contributed by atoms with Gasteiger partial charge in [-0.3, -0.25) is 0 Å². The van der Waals surface area contributed by atoms with Gasteiger partial charge < -0.3 is 15.3 Å². The second-order valence-electron chi connectivity index (χ2n) is 5.37. The molecular formula is C15H24F2N2O. The van der Waals surface area contributed by atoms with Crippen LogP contribution < -0.4 is 5.32 Å². The molecule has 3 nitrogen and oxygen atoms in total. The van der Waals surface area contributed by atoms with E-state index in [2.05, 4.69) is 31.1 Å². The van der Waals surface area contributed by atoms with E-state index in [1.165, 1.54) is 0 Å². The molecule has 1 aromatic rings. The Morgan fingerprint density at radius 1 is 1.20 bits per heavy atom. The number of nitrogens with one attached hydrogen (secondary N) is 1. The molecule has 5 heteroatoms. The molecule has 0 spiro atoms. The molecule has 0 aliphatic carbocycles. The predicted octanol–water partition coefficient (Wildman–Crippen LogP) is 2.88. The molecule has 0 amide bonds. The first-order valence-electron chi connectivity index (χ1n) is 6.99. The Morgan fingerprint density at radius 3 is 2.35 bits per heavy atom. The highest BCUT2D eigenvalue weighted by atomic mass is 19.1. The van der Waals surface area contributed by atoms with E-state index < -0.39 is 17.4 Å². The molecule has 2 N–H and O–H groups in total. The van der Waals surface area contributed by atoms with Crippen LogP contribution >= 0.6 is 0 Å². The molecule has 0 aromatic heterocycles. The molecule has 0 fully saturated rings. The standard InChI is InChI=1S/C15H24F2N2O/c1-11(2)19(3)7-5-4-6-18-10-12-8-13(16)15(20)14(17)9-12/h8-9,11,18,20H,4-7,10H2,1-3H3. The van der Waals surface area contributed by atoms with E-state index in [9.17, 15) is 8.78 Å². The van der Waals surface area contributed by atoms with Crippen LogP contribution in [-0.2, 0) is 6.54 Å². The predicted molar refractivity (Wildman–Crippen MR) is 76.7 cm³/mol. The van der Waals surface area contributed by atoms with Gasteiger partial charge >= 0.3 is 0 Å². The third-order valence-electron chi connectivity index (χ3n) is 3.40. The zero-order valence-corrected chi connectivity index (χ0v) is 12.4. The van der Waals surface area contributed by atoms with Gasteiger partial charge in [-0.05, 0) is 64.5 Å². The van der Waals surface area contributed by atoms with Gasteiger partial charge in [-0.25, -0.2) is 8.78 Å². The topological polar surface area (TPSA) is 35.5 Å². The van der Waals surface area contributed by atoms with Gasteiger partial charge in [-0.2, -0.15) is 0 Å². The van der Waals surface area contributed by atoms with Crippen molar-refractivity contribution in [1.29, 1.82) is 0 Å². The maximum absolute atomic E-state index is 13.1. The van der Waals surface area contributed by atoms with Crippen molar-refractivity contribution in [2.24, 2.45) is 0 Å². The van der Waals surface area contributed by atoms with E-state index >= 15 is 0 Å². The maximum atomic E-state index is 13.1. The summed E-state index contributed by atoms with van der Waals surface area (Å²) in [5, 5.41) is 12.1. The zero-order chi connectivity index (χ0) is 15.1. The highest BCUT2D eigenvalue weighted by Gasteiger charge is 2.09. The quantitative estimate of drug-likeness (QED) is 0.721. The Kier molecular flexibility index (Phi) is 6.88. The average Bonchev–Trinajstić information content (AvgIpc) is 2.39. The fraction of sp³-hybridized carbons (Fsp3) is 0.600. The van der Waals surface area contributed by atoms with Crippen molar-refractivity contribution in [2.75, 3.05) is 20.1 Å². The number of phenolic OH excluding ortho intramolecular Hbond substituents is 1. The van der Waals surface area contributed by atoms with Crippen LogP contribution in [0.1, 0.15) is 32.3 Å². The summed E-state index contributed by atoms with van der Waals surface area (Å²) >= 11 is 0. The van der Waals surface area contributed by atoms with Crippen LogP contribution in [0, 0.1) is 11.6 Å². The van der Waals surface area contributed by atoms with Gasteiger partial charge in [0.25, 0.3) is 0 Å². The summed E-state index contributed by atoms with van der Waals surface area (Å²) in [7, 11) is 2.10. The van der Waals surface area contributed by atoms with Gasteiger partial charge in [0, 0.05) is 12.6 Å². The van der Waals surface area contributed by atoms with Crippen molar-refractivity contribution in [3.05, 3.63) is 29.3 Å². The van der Waals surface area contributed by atoms with Crippen molar-refractivity contribution in [1.82, 2.24) is 10.2 Å². The molecule has 0 saturated carbocycles. The highest BCUT2D eigenvalue weighted by molar-refractivity contribution is 5.29. The minimum absolute atomic E-state index is 0.397. The molecule has 114 valence electrons. The lowest BCUT2D eigenvalue weighted by atomic mass is 10.2. The lowest BCUT2D eigenvalue weighted by molar-refractivity contribution is 0.268. The van der Waals surface area contributed by atoms with E-state index in [-0.39, 0.29) is 0 Å². The summed E-state index contributed by atoms with van der Waals surface area (Å²) in [4.78, 5) is 2.28. The summed E-state index contributed by atoms with van der Waals surface area (Å²) in [6.45, 7) is 6.56. The number of halogens is 2. The van der Waals surface area contributed by atoms with Gasteiger partial charge in [0.2, 0.25) is 0 Å². The Morgan fingerprint density at radius 2 is 1.80 bits per heavy atom. The molecule has 0 atom stereocenters. The lowest BCUT2D eigenvalue weighted by Crippen LogP contribution is -2.27. The molecule has 0 aliphatic heterocycles. The van der Waals surface area contributed by atoms with E-state index in [4.69, 9.17) is 5.11 Å². The summed E-state index contributed by atoms with van der Waals surface area (Å²) in [5.41, 5.74) is 0.497. The molecule has 0 aliphatic rings. The fourth-order valence-electron chi connectivity index (χ4n) is 1.82. The number of benzene rings is 1. The number of aromatic hydroxyl groups is 1. The van der Waals surface area contributed by atoms with Crippen molar-refractivity contribution < 1.29 is 13.9 Å². The summed E-state index contributed by atoms with van der Waals surface area (Å²) < 4.78 is 26.2. The lowest BCUT2D eigenvalue weighted by Gasteiger charge is -2.20. The van der Waals surface area contributed by atoms with E-state index in [0.29, 0.717) is 18.2 Å². The Bertz CT molecular complexity index is 401. The molecule has 0 unspecified atom stereocenters. The smallest absolute Gasteiger partial charge is 0.187 e. The van der Waals surface area contributed by atoms with Gasteiger partial charge in [0.1, 0.15) is 0 Å². The fourth-order valence-corrected chi connectivity index (χ4v) is 1.82. The van der Waals surface area contributed by atoms with Gasteiger partial charge in [-0.15, -0.1) is 0 Å². The van der Waals surface area contributed by atoms with E-state index in [0.717, 1.165) is 38.1 Å². The SMILES string of the molecule is CC(C)N(C)CCCCNCc1cc(F)c(O)c(F)c1. The number of nitrogens with zero attached hydrogens (tertiary/aromatic N) is 1. The second-order valence-corrected chi connectivity index (χ2v) is 5.37. The number of unbranched alkanes of at least 4 members (excludes halogenated alkanes) is 1. The molecule has 0 bridgehead atoms. The van der Waals surface area contributed by atoms with E-state index in [1.807, 2.05) is 0 Å². The van der Waals surface area contributed by atoms with Crippen LogP contribution in [0.3, 0.4) is 0 Å². The summed E-state index contributed by atoms with van der Waals surface area (Å²) in [5.74, 6) is -2.74. The molecule has 1 rings (SSSR count). The van der Waals surface area contributed by atoms with Crippen molar-refractivity contribution >= 4 is 0 Å². The number of hydrogen-bond donors (Lipinski definition) is 2. The van der Waals surface area contributed by atoms with Crippen molar-refractivity contribution in [3.63, 3.8) is 0 Å². The van der Waals surface area contributed by atoms with Crippen LogP contribution in [-0.4, -0.2) is 36.2 Å². The molecular weight excluding hydrogens is 262 g/mol. The monoisotopic (exact) mass is 286 g/mol. The maximum Gasteiger partial charge on any atom is 0.187 e. The minimum Gasteiger partial charge on any atom is -0.503 e. The molecule has 0 saturated heterocycles. The summed E-state index contributed by atoms with van der Waals surface area (Å²) in [6, 6.07) is 2.85. The van der Waals surface area contributed by atoms with Gasteiger partial charge in [0.05, 0.1) is 0 Å². The van der Waals surface area contributed by atoms with Crippen molar-refractivity contribution in [3.8, 4) is 5.75 Å². The first-order valence-corrected chi connectivity index (χ1v) is 6.99. The first-order chi connectivity index (χ1) is 9.41. The number of rotatable bonds is 8. The Balaban J connectivity index is 2.22. The number of phenols is 1. The second kappa shape index (κ2) is 8.17. The largest absolute Gasteiger partial charge is 0.503 e. The Hall–Kier alpha value is -1.20. The van der Waals surface area contributed by atoms with Gasteiger partial charge in [0.15, 0.2) is 17.4 Å². The molecule has 0 radical (unpaired) electrons. The van der Waals surface area contributed by atoms with Crippen LogP contribution in [0.2, 0.25) is 0 Å². The first kappa shape index (κ1) is 16.9.